The third-order valence-electron chi connectivity index (χ3n) is 4.64. The number of nitrogens with zero attached hydrogens (tertiary/aromatic N) is 3. The highest BCUT2D eigenvalue weighted by Crippen LogP contribution is 2.44. The SMILES string of the molecule is CN(C)C1=C2c3ncn(-c4ccc5sccc5c4)c(=O)c3SC2NC=C1. The maximum atomic E-state index is 13.2. The van der Waals surface area contributed by atoms with Gasteiger partial charge in [0.2, 0.25) is 0 Å². The fourth-order valence-electron chi connectivity index (χ4n) is 3.39. The average Bonchev–Trinajstić information content (AvgIpc) is 3.25. The van der Waals surface area contributed by atoms with Gasteiger partial charge < -0.3 is 10.2 Å². The minimum absolute atomic E-state index is 0.0172. The van der Waals surface area contributed by atoms with Gasteiger partial charge in [0.1, 0.15) is 16.6 Å². The van der Waals surface area contributed by atoms with E-state index in [-0.39, 0.29) is 10.9 Å². The number of dihydropyridines is 1. The Morgan fingerprint density at radius 1 is 1.27 bits per heavy atom. The summed E-state index contributed by atoms with van der Waals surface area (Å²) in [6, 6.07) is 8.14. The van der Waals surface area contributed by atoms with Gasteiger partial charge in [0.05, 0.1) is 11.4 Å². The van der Waals surface area contributed by atoms with Gasteiger partial charge in [-0.15, -0.1) is 11.3 Å². The first-order chi connectivity index (χ1) is 12.6. The van der Waals surface area contributed by atoms with Crippen LogP contribution in [0.4, 0.5) is 0 Å². The summed E-state index contributed by atoms with van der Waals surface area (Å²) in [5, 5.41) is 6.57. The number of likely N-dealkylation sites (N-methyl/N-ethyl adjacent to an activating group) is 1. The Morgan fingerprint density at radius 2 is 2.15 bits per heavy atom. The molecule has 1 N–H and O–H groups in total. The molecule has 2 aliphatic heterocycles. The van der Waals surface area contributed by atoms with Crippen LogP contribution in [0, 0.1) is 0 Å². The van der Waals surface area contributed by atoms with Crippen molar-refractivity contribution in [2.45, 2.75) is 10.3 Å². The Bertz CT molecular complexity index is 1160. The van der Waals surface area contributed by atoms with E-state index in [2.05, 4.69) is 32.7 Å². The highest BCUT2D eigenvalue weighted by atomic mass is 32.2. The molecule has 1 unspecified atom stereocenters. The van der Waals surface area contributed by atoms with E-state index in [1.165, 1.54) is 4.70 Å². The number of allylic oxidation sites excluding steroid dienone is 1. The molecule has 4 heterocycles. The molecule has 7 heteroatoms. The topological polar surface area (TPSA) is 50.2 Å². The second-order valence-electron chi connectivity index (χ2n) is 6.43. The molecule has 0 amide bonds. The molecular formula is C19H16N4OS2. The van der Waals surface area contributed by atoms with Gasteiger partial charge in [-0.05, 0) is 47.3 Å². The van der Waals surface area contributed by atoms with Crippen LogP contribution in [-0.4, -0.2) is 33.9 Å². The summed E-state index contributed by atoms with van der Waals surface area (Å²) >= 11 is 3.24. The van der Waals surface area contributed by atoms with Crippen LogP contribution in [0.2, 0.25) is 0 Å². The fourth-order valence-corrected chi connectivity index (χ4v) is 5.37. The molecule has 0 bridgehead atoms. The van der Waals surface area contributed by atoms with Crippen molar-refractivity contribution in [3.8, 4) is 5.69 Å². The Balaban J connectivity index is 1.68. The lowest BCUT2D eigenvalue weighted by Gasteiger charge is -2.24. The van der Waals surface area contributed by atoms with Crippen LogP contribution in [-0.2, 0) is 0 Å². The number of aromatic nitrogens is 2. The van der Waals surface area contributed by atoms with Crippen LogP contribution in [0.25, 0.3) is 21.3 Å². The van der Waals surface area contributed by atoms with Crippen molar-refractivity contribution in [1.29, 1.82) is 0 Å². The summed E-state index contributed by atoms with van der Waals surface area (Å²) in [4.78, 5) is 20.6. The van der Waals surface area contributed by atoms with Gasteiger partial charge >= 0.3 is 0 Å². The van der Waals surface area contributed by atoms with Crippen molar-refractivity contribution in [2.24, 2.45) is 0 Å². The predicted molar refractivity (Wildman–Crippen MR) is 108 cm³/mol. The average molecular weight is 380 g/mol. The first kappa shape index (κ1) is 15.7. The standard InChI is InChI=1S/C19H16N4OS2/c1-22(2)13-5-7-20-18-15(13)16-17(26-18)19(24)23(10-21-16)12-3-4-14-11(9-12)6-8-25-14/h3-10,18,20H,1-2H3. The lowest BCUT2D eigenvalue weighted by atomic mass is 10.1. The summed E-state index contributed by atoms with van der Waals surface area (Å²) in [7, 11) is 4.02. The molecule has 0 radical (unpaired) electrons. The molecule has 1 atom stereocenters. The molecule has 26 heavy (non-hydrogen) atoms. The maximum absolute atomic E-state index is 13.2. The summed E-state index contributed by atoms with van der Waals surface area (Å²) < 4.78 is 2.86. The smallest absolute Gasteiger partial charge is 0.272 e. The molecule has 0 fully saturated rings. The Morgan fingerprint density at radius 3 is 3.00 bits per heavy atom. The Kier molecular flexibility index (Phi) is 3.48. The number of thiophene rings is 1. The van der Waals surface area contributed by atoms with Crippen molar-refractivity contribution >= 4 is 38.8 Å². The first-order valence-electron chi connectivity index (χ1n) is 8.24. The van der Waals surface area contributed by atoms with Gasteiger partial charge in [0.15, 0.2) is 0 Å². The number of thioether (sulfide) groups is 1. The second kappa shape index (κ2) is 5.75. The van der Waals surface area contributed by atoms with Gasteiger partial charge in [-0.2, -0.15) is 0 Å². The lowest BCUT2D eigenvalue weighted by molar-refractivity contribution is 0.526. The quantitative estimate of drug-likeness (QED) is 0.739. The molecule has 1 aromatic carbocycles. The van der Waals surface area contributed by atoms with E-state index in [0.717, 1.165) is 28.0 Å². The minimum Gasteiger partial charge on any atom is -0.377 e. The molecule has 0 aliphatic carbocycles. The third kappa shape index (κ3) is 2.24. The van der Waals surface area contributed by atoms with E-state index in [1.54, 1.807) is 34.0 Å². The third-order valence-corrected chi connectivity index (χ3v) is 6.75. The van der Waals surface area contributed by atoms with Gasteiger partial charge in [-0.3, -0.25) is 9.36 Å². The predicted octanol–water partition coefficient (Wildman–Crippen LogP) is 3.27. The summed E-state index contributed by atoms with van der Waals surface area (Å²) in [5.41, 5.74) is 3.79. The van der Waals surface area contributed by atoms with Gasteiger partial charge in [0.25, 0.3) is 5.56 Å². The van der Waals surface area contributed by atoms with E-state index < -0.39 is 0 Å². The van der Waals surface area contributed by atoms with Crippen molar-refractivity contribution in [3.63, 3.8) is 0 Å². The Hall–Kier alpha value is -2.51. The van der Waals surface area contributed by atoms with Gasteiger partial charge in [0, 0.05) is 30.1 Å². The number of hydrogen-bond acceptors (Lipinski definition) is 6. The molecule has 130 valence electrons. The molecule has 0 spiro atoms. The molecule has 5 nitrogen and oxygen atoms in total. The molecular weight excluding hydrogens is 364 g/mol. The van der Waals surface area contributed by atoms with Crippen LogP contribution in [0.5, 0.6) is 0 Å². The number of rotatable bonds is 2. The highest BCUT2D eigenvalue weighted by Gasteiger charge is 2.35. The molecule has 3 aromatic rings. The summed E-state index contributed by atoms with van der Waals surface area (Å²) in [6.45, 7) is 0. The zero-order chi connectivity index (χ0) is 17.8. The second-order valence-corrected chi connectivity index (χ2v) is 8.49. The molecule has 2 aliphatic rings. The largest absolute Gasteiger partial charge is 0.377 e. The van der Waals surface area contributed by atoms with Crippen LogP contribution in [0.3, 0.4) is 0 Å². The zero-order valence-electron chi connectivity index (χ0n) is 14.3. The Labute approximate surface area is 158 Å². The molecule has 5 rings (SSSR count). The summed E-state index contributed by atoms with van der Waals surface area (Å²) in [5.74, 6) is 0. The van der Waals surface area contributed by atoms with Crippen molar-refractivity contribution in [1.82, 2.24) is 19.8 Å². The van der Waals surface area contributed by atoms with Crippen LogP contribution in [0.15, 0.2) is 63.6 Å². The zero-order valence-corrected chi connectivity index (χ0v) is 15.9. The van der Waals surface area contributed by atoms with Crippen LogP contribution in [0.1, 0.15) is 5.69 Å². The van der Waals surface area contributed by atoms with Gasteiger partial charge in [-0.1, -0.05) is 11.8 Å². The number of fused-ring (bicyclic) bond motifs is 4. The fraction of sp³-hybridized carbons (Fsp3) is 0.158. The van der Waals surface area contributed by atoms with Crippen molar-refractivity contribution in [2.75, 3.05) is 14.1 Å². The lowest BCUT2D eigenvalue weighted by Crippen LogP contribution is -2.27. The van der Waals surface area contributed by atoms with Crippen LogP contribution >= 0.6 is 23.1 Å². The number of hydrogen-bond donors (Lipinski definition) is 1. The normalized spacial score (nSPS) is 18.0. The maximum Gasteiger partial charge on any atom is 0.272 e. The minimum atomic E-state index is -0.0172. The van der Waals surface area contributed by atoms with Crippen molar-refractivity contribution < 1.29 is 0 Å². The van der Waals surface area contributed by atoms with E-state index in [4.69, 9.17) is 0 Å². The van der Waals surface area contributed by atoms with E-state index in [0.29, 0.717) is 4.90 Å². The molecule has 0 saturated carbocycles. The summed E-state index contributed by atoms with van der Waals surface area (Å²) in [6.07, 6.45) is 5.61. The van der Waals surface area contributed by atoms with E-state index in [9.17, 15) is 4.79 Å². The highest BCUT2D eigenvalue weighted by molar-refractivity contribution is 8.00. The number of benzene rings is 1. The first-order valence-corrected chi connectivity index (χ1v) is 10.00. The monoisotopic (exact) mass is 380 g/mol. The molecule has 2 aromatic heterocycles. The van der Waals surface area contributed by atoms with E-state index >= 15 is 0 Å². The number of nitrogens with one attached hydrogen (secondary N) is 1. The van der Waals surface area contributed by atoms with Crippen molar-refractivity contribution in [3.05, 3.63) is 70.0 Å². The van der Waals surface area contributed by atoms with Gasteiger partial charge in [-0.25, -0.2) is 4.98 Å². The molecule has 0 saturated heterocycles. The van der Waals surface area contributed by atoms with Crippen LogP contribution < -0.4 is 10.9 Å². The van der Waals surface area contributed by atoms with E-state index in [1.807, 2.05) is 38.5 Å².